The molecule has 0 radical (unpaired) electrons. The Morgan fingerprint density at radius 1 is 1.08 bits per heavy atom. The molecule has 7 heteroatoms. The molecule has 0 aliphatic rings. The fourth-order valence-corrected chi connectivity index (χ4v) is 2.90. The summed E-state index contributed by atoms with van der Waals surface area (Å²) < 4.78 is 11.0. The maximum Gasteiger partial charge on any atom is 0.251 e. The van der Waals surface area contributed by atoms with Crippen molar-refractivity contribution in [1.29, 1.82) is 0 Å². The number of benzene rings is 2. The zero-order valence-corrected chi connectivity index (χ0v) is 16.1. The van der Waals surface area contributed by atoms with Gasteiger partial charge in [-0.05, 0) is 44.2 Å². The predicted molar refractivity (Wildman–Crippen MR) is 103 cm³/mol. The summed E-state index contributed by atoms with van der Waals surface area (Å²) in [5, 5.41) is 13.8. The third-order valence-electron chi connectivity index (χ3n) is 3.58. The predicted octanol–water partition coefficient (Wildman–Crippen LogP) is 4.25. The minimum absolute atomic E-state index is 0.0113. The molecule has 0 fully saturated rings. The van der Waals surface area contributed by atoms with Crippen molar-refractivity contribution < 1.29 is 19.4 Å². The number of nitrogens with one attached hydrogen (secondary N) is 1. The summed E-state index contributed by atoms with van der Waals surface area (Å²) in [6.45, 7) is 4.70. The highest BCUT2D eigenvalue weighted by molar-refractivity contribution is 6.35. The molecule has 1 atom stereocenters. The minimum Gasteiger partial charge on any atom is -0.490 e. The zero-order chi connectivity index (χ0) is 19.1. The molecule has 2 N–H and O–H groups in total. The summed E-state index contributed by atoms with van der Waals surface area (Å²) in [4.78, 5) is 12.4. The number of ether oxygens (including phenoxy) is 2. The van der Waals surface area contributed by atoms with E-state index >= 15 is 0 Å². The molecule has 0 bridgehead atoms. The normalized spacial score (nSPS) is 11.7. The van der Waals surface area contributed by atoms with Gasteiger partial charge in [-0.3, -0.25) is 4.79 Å². The Labute approximate surface area is 162 Å². The first kappa shape index (κ1) is 20.4. The van der Waals surface area contributed by atoms with Gasteiger partial charge in [-0.2, -0.15) is 0 Å². The number of amides is 1. The summed E-state index contributed by atoms with van der Waals surface area (Å²) in [5.74, 6) is 0.750. The second-order valence-electron chi connectivity index (χ2n) is 5.42. The number of aliphatic hydroxyl groups is 1. The van der Waals surface area contributed by atoms with Crippen LogP contribution in [0.3, 0.4) is 0 Å². The van der Waals surface area contributed by atoms with Crippen LogP contribution in [0.1, 0.15) is 35.9 Å². The summed E-state index contributed by atoms with van der Waals surface area (Å²) in [6.07, 6.45) is -0.947. The SMILES string of the molecule is CCOc1ccc(C(=O)NCC(O)c2ccc(Cl)cc2Cl)cc1OCC. The van der Waals surface area contributed by atoms with Gasteiger partial charge in [-0.25, -0.2) is 0 Å². The molecule has 2 aromatic carbocycles. The lowest BCUT2D eigenvalue weighted by molar-refractivity contribution is 0.0916. The maximum absolute atomic E-state index is 12.4. The van der Waals surface area contributed by atoms with Crippen molar-refractivity contribution in [2.24, 2.45) is 0 Å². The van der Waals surface area contributed by atoms with E-state index in [2.05, 4.69) is 5.32 Å². The molecule has 0 saturated carbocycles. The van der Waals surface area contributed by atoms with Gasteiger partial charge in [0.25, 0.3) is 5.91 Å². The van der Waals surface area contributed by atoms with E-state index in [0.717, 1.165) is 0 Å². The molecule has 2 aromatic rings. The molecule has 0 aromatic heterocycles. The van der Waals surface area contributed by atoms with Crippen LogP contribution in [0.15, 0.2) is 36.4 Å². The maximum atomic E-state index is 12.4. The second-order valence-corrected chi connectivity index (χ2v) is 6.26. The summed E-state index contributed by atoms with van der Waals surface area (Å²) in [5.41, 5.74) is 0.907. The average Bonchev–Trinajstić information content (AvgIpc) is 2.61. The Hall–Kier alpha value is -1.95. The molecular weight excluding hydrogens is 377 g/mol. The van der Waals surface area contributed by atoms with E-state index in [9.17, 15) is 9.90 Å². The lowest BCUT2D eigenvalue weighted by atomic mass is 10.1. The number of carbonyl (C=O) groups excluding carboxylic acids is 1. The van der Waals surface area contributed by atoms with Crippen LogP contribution in [0.25, 0.3) is 0 Å². The van der Waals surface area contributed by atoms with Crippen molar-refractivity contribution in [2.75, 3.05) is 19.8 Å². The molecule has 0 heterocycles. The van der Waals surface area contributed by atoms with Gasteiger partial charge in [0.15, 0.2) is 11.5 Å². The van der Waals surface area contributed by atoms with Crippen molar-refractivity contribution >= 4 is 29.1 Å². The highest BCUT2D eigenvalue weighted by Crippen LogP contribution is 2.29. The van der Waals surface area contributed by atoms with Crippen molar-refractivity contribution in [3.63, 3.8) is 0 Å². The van der Waals surface area contributed by atoms with E-state index in [-0.39, 0.29) is 12.5 Å². The number of hydrogen-bond donors (Lipinski definition) is 2. The van der Waals surface area contributed by atoms with Crippen LogP contribution < -0.4 is 14.8 Å². The van der Waals surface area contributed by atoms with Crippen molar-refractivity contribution in [3.8, 4) is 11.5 Å². The van der Waals surface area contributed by atoms with E-state index in [4.69, 9.17) is 32.7 Å². The number of carbonyl (C=O) groups is 1. The molecule has 0 saturated heterocycles. The van der Waals surface area contributed by atoms with Crippen molar-refractivity contribution in [1.82, 2.24) is 5.32 Å². The zero-order valence-electron chi connectivity index (χ0n) is 14.6. The van der Waals surface area contributed by atoms with Crippen LogP contribution in [0.4, 0.5) is 0 Å². The van der Waals surface area contributed by atoms with Crippen LogP contribution >= 0.6 is 23.2 Å². The van der Waals surface area contributed by atoms with Gasteiger partial charge in [0.1, 0.15) is 0 Å². The second kappa shape index (κ2) is 9.67. The standard InChI is InChI=1S/C19H21Cl2NO4/c1-3-25-17-8-5-12(9-18(17)26-4-2)19(24)22-11-16(23)14-7-6-13(20)10-15(14)21/h5-10,16,23H,3-4,11H2,1-2H3,(H,22,24). The number of rotatable bonds is 8. The molecule has 140 valence electrons. The fourth-order valence-electron chi connectivity index (χ4n) is 2.37. The van der Waals surface area contributed by atoms with Gasteiger partial charge in [0.05, 0.1) is 19.3 Å². The molecular formula is C19H21Cl2NO4. The van der Waals surface area contributed by atoms with Crippen LogP contribution in [0.5, 0.6) is 11.5 Å². The van der Waals surface area contributed by atoms with Crippen LogP contribution in [0.2, 0.25) is 10.0 Å². The van der Waals surface area contributed by atoms with E-state index in [1.807, 2.05) is 13.8 Å². The van der Waals surface area contributed by atoms with Gasteiger partial charge in [0, 0.05) is 27.7 Å². The largest absolute Gasteiger partial charge is 0.490 e. The summed E-state index contributed by atoms with van der Waals surface area (Å²) in [6, 6.07) is 9.76. The first-order chi connectivity index (χ1) is 12.5. The van der Waals surface area contributed by atoms with Crippen LogP contribution in [-0.2, 0) is 0 Å². The highest BCUT2D eigenvalue weighted by Gasteiger charge is 2.15. The third-order valence-corrected chi connectivity index (χ3v) is 4.15. The highest BCUT2D eigenvalue weighted by atomic mass is 35.5. The first-order valence-corrected chi connectivity index (χ1v) is 9.02. The smallest absolute Gasteiger partial charge is 0.251 e. The van der Waals surface area contributed by atoms with E-state index < -0.39 is 6.10 Å². The lowest BCUT2D eigenvalue weighted by Crippen LogP contribution is -2.28. The Kier molecular flexibility index (Phi) is 7.57. The Morgan fingerprint density at radius 3 is 2.42 bits per heavy atom. The quantitative estimate of drug-likeness (QED) is 0.698. The van der Waals surface area contributed by atoms with Gasteiger partial charge in [0.2, 0.25) is 0 Å². The molecule has 26 heavy (non-hydrogen) atoms. The minimum atomic E-state index is -0.947. The van der Waals surface area contributed by atoms with Crippen molar-refractivity contribution in [3.05, 3.63) is 57.6 Å². The van der Waals surface area contributed by atoms with Gasteiger partial charge in [-0.15, -0.1) is 0 Å². The monoisotopic (exact) mass is 397 g/mol. The molecule has 0 aliphatic carbocycles. The molecule has 1 amide bonds. The van der Waals surface area contributed by atoms with E-state index in [0.29, 0.717) is 45.9 Å². The lowest BCUT2D eigenvalue weighted by Gasteiger charge is -2.15. The summed E-state index contributed by atoms with van der Waals surface area (Å²) in [7, 11) is 0. The van der Waals surface area contributed by atoms with Gasteiger partial charge >= 0.3 is 0 Å². The molecule has 1 unspecified atom stereocenters. The average molecular weight is 398 g/mol. The Morgan fingerprint density at radius 2 is 1.77 bits per heavy atom. The van der Waals surface area contributed by atoms with Crippen molar-refractivity contribution in [2.45, 2.75) is 20.0 Å². The molecule has 0 spiro atoms. The number of hydrogen-bond acceptors (Lipinski definition) is 4. The van der Waals surface area contributed by atoms with Gasteiger partial charge in [-0.1, -0.05) is 29.3 Å². The Bertz CT molecular complexity index is 767. The van der Waals surface area contributed by atoms with E-state index in [1.165, 1.54) is 0 Å². The fraction of sp³-hybridized carbons (Fsp3) is 0.316. The topological polar surface area (TPSA) is 67.8 Å². The van der Waals surface area contributed by atoms with Crippen LogP contribution in [0, 0.1) is 0 Å². The molecule has 5 nitrogen and oxygen atoms in total. The van der Waals surface area contributed by atoms with Crippen LogP contribution in [-0.4, -0.2) is 30.8 Å². The molecule has 2 rings (SSSR count). The summed E-state index contributed by atoms with van der Waals surface area (Å²) >= 11 is 11.9. The first-order valence-electron chi connectivity index (χ1n) is 8.27. The number of halogens is 2. The third kappa shape index (κ3) is 5.27. The Balaban J connectivity index is 2.06. The van der Waals surface area contributed by atoms with E-state index in [1.54, 1.807) is 36.4 Å². The van der Waals surface area contributed by atoms with Gasteiger partial charge < -0.3 is 19.9 Å². The number of aliphatic hydroxyl groups excluding tert-OH is 1. The molecule has 0 aliphatic heterocycles.